The van der Waals surface area contributed by atoms with Crippen molar-refractivity contribution in [1.82, 2.24) is 5.32 Å². The van der Waals surface area contributed by atoms with Crippen molar-refractivity contribution in [3.63, 3.8) is 0 Å². The van der Waals surface area contributed by atoms with Gasteiger partial charge in [0.05, 0.1) is 0 Å². The maximum Gasteiger partial charge on any atom is 0.406 e. The first kappa shape index (κ1) is 12.2. The number of phenols is 1. The van der Waals surface area contributed by atoms with Crippen LogP contribution in [0.4, 0.5) is 17.6 Å². The van der Waals surface area contributed by atoms with Crippen LogP contribution in [-0.2, 0) is 6.54 Å². The van der Waals surface area contributed by atoms with Gasteiger partial charge in [-0.1, -0.05) is 0 Å². The zero-order chi connectivity index (χ0) is 12.7. The van der Waals surface area contributed by atoms with Crippen LogP contribution < -0.4 is 5.32 Å². The van der Waals surface area contributed by atoms with Crippen LogP contribution in [0.2, 0.25) is 0 Å². The van der Waals surface area contributed by atoms with Crippen molar-refractivity contribution < 1.29 is 22.7 Å². The van der Waals surface area contributed by atoms with Crippen molar-refractivity contribution in [1.29, 1.82) is 0 Å². The highest BCUT2D eigenvalue weighted by atomic mass is 19.4. The molecule has 94 valence electrons. The Kier molecular flexibility index (Phi) is 2.77. The predicted octanol–water partition coefficient (Wildman–Crippen LogP) is 2.72. The molecule has 17 heavy (non-hydrogen) atoms. The Balaban J connectivity index is 2.06. The number of hydrogen-bond donors (Lipinski definition) is 2. The smallest absolute Gasteiger partial charge is 0.406 e. The largest absolute Gasteiger partial charge is 0.508 e. The van der Waals surface area contributed by atoms with Gasteiger partial charge in [-0.05, 0) is 31.0 Å². The van der Waals surface area contributed by atoms with Crippen molar-refractivity contribution in [2.45, 2.75) is 31.1 Å². The van der Waals surface area contributed by atoms with E-state index in [1.165, 1.54) is 0 Å². The summed E-state index contributed by atoms with van der Waals surface area (Å²) in [4.78, 5) is 0. The van der Waals surface area contributed by atoms with Crippen LogP contribution in [0.25, 0.3) is 0 Å². The van der Waals surface area contributed by atoms with E-state index in [1.54, 1.807) is 0 Å². The maximum absolute atomic E-state index is 12.9. The number of hydrogen-bond acceptors (Lipinski definition) is 2. The van der Waals surface area contributed by atoms with Crippen LogP contribution in [0.3, 0.4) is 0 Å². The van der Waals surface area contributed by atoms with Crippen LogP contribution in [0, 0.1) is 5.82 Å². The summed E-state index contributed by atoms with van der Waals surface area (Å²) in [5.41, 5.74) is -1.73. The summed E-state index contributed by atoms with van der Waals surface area (Å²) in [5, 5.41) is 11.7. The van der Waals surface area contributed by atoms with E-state index in [1.807, 2.05) is 0 Å². The van der Waals surface area contributed by atoms with Crippen LogP contribution in [-0.4, -0.2) is 16.8 Å². The van der Waals surface area contributed by atoms with E-state index >= 15 is 0 Å². The van der Waals surface area contributed by atoms with Crippen molar-refractivity contribution >= 4 is 0 Å². The summed E-state index contributed by atoms with van der Waals surface area (Å²) in [6, 6.07) is 3.20. The normalized spacial score (nSPS) is 18.1. The molecule has 1 saturated carbocycles. The summed E-state index contributed by atoms with van der Waals surface area (Å²) >= 11 is 0. The molecule has 0 heterocycles. The fourth-order valence-electron chi connectivity index (χ4n) is 1.65. The molecule has 0 atom stereocenters. The van der Waals surface area contributed by atoms with E-state index in [2.05, 4.69) is 5.32 Å². The third kappa shape index (κ3) is 2.36. The average Bonchev–Trinajstić information content (AvgIpc) is 2.99. The summed E-state index contributed by atoms with van der Waals surface area (Å²) in [7, 11) is 0. The standard InChI is InChI=1S/C11H11F4NO/c12-8-1-2-9(17)7(5-8)6-16-10(3-4-10)11(13,14)15/h1-2,5,16-17H,3-4,6H2. The molecule has 0 aromatic heterocycles. The van der Waals surface area contributed by atoms with Crippen LogP contribution in [0.15, 0.2) is 18.2 Å². The van der Waals surface area contributed by atoms with Crippen LogP contribution in [0.5, 0.6) is 5.75 Å². The molecule has 1 aromatic rings. The van der Waals surface area contributed by atoms with E-state index in [0.717, 1.165) is 18.2 Å². The second kappa shape index (κ2) is 3.87. The van der Waals surface area contributed by atoms with Gasteiger partial charge in [0, 0.05) is 12.1 Å². The third-order valence-electron chi connectivity index (χ3n) is 2.95. The molecular formula is C11H11F4NO. The van der Waals surface area contributed by atoms with Gasteiger partial charge in [0.25, 0.3) is 0 Å². The van der Waals surface area contributed by atoms with Gasteiger partial charge in [0.1, 0.15) is 17.1 Å². The van der Waals surface area contributed by atoms with E-state index in [9.17, 15) is 22.7 Å². The summed E-state index contributed by atoms with van der Waals surface area (Å²) in [5.74, 6) is -0.798. The zero-order valence-corrected chi connectivity index (χ0v) is 8.81. The van der Waals surface area contributed by atoms with E-state index in [4.69, 9.17) is 0 Å². The molecule has 0 spiro atoms. The zero-order valence-electron chi connectivity index (χ0n) is 8.81. The molecule has 0 saturated heterocycles. The second-order valence-electron chi connectivity index (χ2n) is 4.21. The van der Waals surface area contributed by atoms with Crippen molar-refractivity contribution in [2.75, 3.05) is 0 Å². The highest BCUT2D eigenvalue weighted by Crippen LogP contribution is 2.49. The number of benzene rings is 1. The quantitative estimate of drug-likeness (QED) is 0.807. The summed E-state index contributed by atoms with van der Waals surface area (Å²) in [6.07, 6.45) is -4.27. The van der Waals surface area contributed by atoms with Gasteiger partial charge < -0.3 is 5.11 Å². The van der Waals surface area contributed by atoms with E-state index in [-0.39, 0.29) is 30.7 Å². The first-order valence-corrected chi connectivity index (χ1v) is 5.13. The maximum atomic E-state index is 12.9. The predicted molar refractivity (Wildman–Crippen MR) is 52.9 cm³/mol. The van der Waals surface area contributed by atoms with Gasteiger partial charge in [0.15, 0.2) is 0 Å². The molecule has 0 radical (unpaired) electrons. The molecule has 1 aliphatic carbocycles. The Morgan fingerprint density at radius 1 is 1.29 bits per heavy atom. The number of aromatic hydroxyl groups is 1. The molecule has 2 nitrogen and oxygen atoms in total. The molecule has 0 unspecified atom stereocenters. The number of alkyl halides is 3. The van der Waals surface area contributed by atoms with E-state index in [0.29, 0.717) is 0 Å². The van der Waals surface area contributed by atoms with Crippen molar-refractivity contribution in [2.24, 2.45) is 0 Å². The lowest BCUT2D eigenvalue weighted by molar-refractivity contribution is -0.166. The fraction of sp³-hybridized carbons (Fsp3) is 0.455. The lowest BCUT2D eigenvalue weighted by atomic mass is 10.1. The molecule has 1 aromatic carbocycles. The molecule has 1 aliphatic rings. The van der Waals surface area contributed by atoms with Gasteiger partial charge in [-0.15, -0.1) is 0 Å². The number of nitrogens with one attached hydrogen (secondary N) is 1. The monoisotopic (exact) mass is 249 g/mol. The molecule has 0 amide bonds. The highest BCUT2D eigenvalue weighted by Gasteiger charge is 2.62. The molecule has 0 aliphatic heterocycles. The Bertz CT molecular complexity index is 426. The Morgan fingerprint density at radius 3 is 2.47 bits per heavy atom. The van der Waals surface area contributed by atoms with Gasteiger partial charge >= 0.3 is 6.18 Å². The average molecular weight is 249 g/mol. The summed E-state index contributed by atoms with van der Waals surface area (Å²) in [6.45, 7) is -0.205. The Labute approximate surface area is 95.3 Å². The first-order valence-electron chi connectivity index (χ1n) is 5.13. The molecular weight excluding hydrogens is 238 g/mol. The lowest BCUT2D eigenvalue weighted by Crippen LogP contribution is -2.44. The molecule has 2 N–H and O–H groups in total. The van der Waals surface area contributed by atoms with Gasteiger partial charge in [-0.25, -0.2) is 4.39 Å². The number of phenolic OH excluding ortho intramolecular Hbond substituents is 1. The topological polar surface area (TPSA) is 32.3 Å². The van der Waals surface area contributed by atoms with Gasteiger partial charge in [-0.2, -0.15) is 13.2 Å². The minimum Gasteiger partial charge on any atom is -0.508 e. The van der Waals surface area contributed by atoms with Crippen molar-refractivity contribution in [3.8, 4) is 5.75 Å². The minimum atomic E-state index is -4.31. The van der Waals surface area contributed by atoms with Crippen molar-refractivity contribution in [3.05, 3.63) is 29.6 Å². The number of rotatable bonds is 3. The van der Waals surface area contributed by atoms with Gasteiger partial charge in [-0.3, -0.25) is 5.32 Å². The highest BCUT2D eigenvalue weighted by molar-refractivity contribution is 5.32. The minimum absolute atomic E-state index is 0.0204. The van der Waals surface area contributed by atoms with Crippen LogP contribution >= 0.6 is 0 Å². The van der Waals surface area contributed by atoms with Crippen LogP contribution in [0.1, 0.15) is 18.4 Å². The van der Waals surface area contributed by atoms with Gasteiger partial charge in [0.2, 0.25) is 0 Å². The third-order valence-corrected chi connectivity index (χ3v) is 2.95. The molecule has 1 fully saturated rings. The fourth-order valence-corrected chi connectivity index (χ4v) is 1.65. The molecule has 0 bridgehead atoms. The number of halogens is 4. The second-order valence-corrected chi connectivity index (χ2v) is 4.21. The Hall–Kier alpha value is -1.30. The Morgan fingerprint density at radius 2 is 1.94 bits per heavy atom. The van der Waals surface area contributed by atoms with E-state index < -0.39 is 17.5 Å². The molecule has 6 heteroatoms. The summed E-state index contributed by atoms with van der Waals surface area (Å²) < 4.78 is 50.6. The lowest BCUT2D eigenvalue weighted by Gasteiger charge is -2.21. The first-order chi connectivity index (χ1) is 7.84. The SMILES string of the molecule is Oc1ccc(F)cc1CNC1(C(F)(F)F)CC1. The molecule has 2 rings (SSSR count).